The van der Waals surface area contributed by atoms with Gasteiger partial charge in [0.1, 0.15) is 0 Å². The van der Waals surface area contributed by atoms with E-state index in [1.165, 1.54) is 0 Å². The van der Waals surface area contributed by atoms with Crippen LogP contribution in [0.25, 0.3) is 0 Å². The van der Waals surface area contributed by atoms with Crippen molar-refractivity contribution in [3.63, 3.8) is 0 Å². The molecular weight excluding hydrogens is 100 g/mol. The van der Waals surface area contributed by atoms with Gasteiger partial charge in [-0.05, 0) is 19.9 Å². The maximum Gasteiger partial charge on any atom is 0.0596 e. The second-order valence-electron chi connectivity index (χ2n) is 1.38. The van der Waals surface area contributed by atoms with Crippen LogP contribution in [0.5, 0.6) is 0 Å². The fraction of sp³-hybridized carbons (Fsp3) is 0.333. The Morgan fingerprint density at radius 2 is 2.25 bits per heavy atom. The van der Waals surface area contributed by atoms with Crippen molar-refractivity contribution in [3.05, 3.63) is 12.2 Å². The van der Waals surface area contributed by atoms with Crippen LogP contribution in [-0.4, -0.2) is 12.4 Å². The molecule has 0 unspecified atom stereocenters. The average Bonchev–Trinajstić information content (AvgIpc) is 1.68. The summed E-state index contributed by atoms with van der Waals surface area (Å²) >= 11 is 0. The molecule has 0 aromatic carbocycles. The molecule has 0 saturated heterocycles. The zero-order valence-corrected chi connectivity index (χ0v) is 5.26. The maximum atomic E-state index is 3.66. The summed E-state index contributed by atoms with van der Waals surface area (Å²) in [7, 11) is 0. The Labute approximate surface area is 49.6 Å². The van der Waals surface area contributed by atoms with Crippen molar-refractivity contribution in [2.24, 2.45) is 10.2 Å². The Hall–Kier alpha value is -0.920. The Balaban J connectivity index is 3.79. The van der Waals surface area contributed by atoms with Crippen LogP contribution >= 0.6 is 0 Å². The molecule has 0 bridgehead atoms. The molecule has 0 rings (SSSR count). The Morgan fingerprint density at radius 1 is 1.62 bits per heavy atom. The molecule has 0 radical (unpaired) electrons. The van der Waals surface area contributed by atoms with Crippen molar-refractivity contribution in [1.29, 1.82) is 0 Å². The summed E-state index contributed by atoms with van der Waals surface area (Å²) in [5, 5.41) is 7.00. The van der Waals surface area contributed by atoms with Crippen molar-refractivity contribution in [1.82, 2.24) is 0 Å². The van der Waals surface area contributed by atoms with E-state index < -0.39 is 0 Å². The van der Waals surface area contributed by atoms with E-state index in [1.54, 1.807) is 0 Å². The van der Waals surface area contributed by atoms with Gasteiger partial charge < -0.3 is 0 Å². The Bertz CT molecular complexity index is 122. The SMILES string of the molecule is C=N/N=C(C)/C=C\C. The topological polar surface area (TPSA) is 24.7 Å². The average molecular weight is 110 g/mol. The molecule has 0 aliphatic heterocycles. The summed E-state index contributed by atoms with van der Waals surface area (Å²) in [4.78, 5) is 0. The van der Waals surface area contributed by atoms with Crippen LogP contribution in [0.1, 0.15) is 13.8 Å². The number of nitrogens with zero attached hydrogens (tertiary/aromatic N) is 2. The molecule has 0 aromatic heterocycles. The van der Waals surface area contributed by atoms with E-state index in [1.807, 2.05) is 26.0 Å². The molecule has 8 heavy (non-hydrogen) atoms. The van der Waals surface area contributed by atoms with Gasteiger partial charge in [-0.1, -0.05) is 6.08 Å². The Morgan fingerprint density at radius 3 is 2.62 bits per heavy atom. The highest BCUT2D eigenvalue weighted by atomic mass is 15.2. The van der Waals surface area contributed by atoms with Gasteiger partial charge in [0.15, 0.2) is 0 Å². The van der Waals surface area contributed by atoms with Gasteiger partial charge in [0.2, 0.25) is 0 Å². The zero-order valence-electron chi connectivity index (χ0n) is 5.26. The number of hydrogen-bond acceptors (Lipinski definition) is 2. The van der Waals surface area contributed by atoms with Gasteiger partial charge in [0.05, 0.1) is 5.71 Å². The van der Waals surface area contributed by atoms with Crippen LogP contribution in [0.3, 0.4) is 0 Å². The molecule has 0 heterocycles. The van der Waals surface area contributed by atoms with E-state index in [0.717, 1.165) is 5.71 Å². The first kappa shape index (κ1) is 7.08. The third kappa shape index (κ3) is 3.28. The molecule has 0 atom stereocenters. The molecule has 0 fully saturated rings. The van der Waals surface area contributed by atoms with Gasteiger partial charge in [-0.15, -0.1) is 0 Å². The van der Waals surface area contributed by atoms with Crippen LogP contribution in [0, 0.1) is 0 Å². The summed E-state index contributed by atoms with van der Waals surface area (Å²) in [6.45, 7) is 7.01. The van der Waals surface area contributed by atoms with Crippen LogP contribution in [0.15, 0.2) is 22.4 Å². The molecule has 0 N–H and O–H groups in total. The lowest BCUT2D eigenvalue weighted by Gasteiger charge is -1.80. The fourth-order valence-electron chi connectivity index (χ4n) is 0.386. The van der Waals surface area contributed by atoms with E-state index in [2.05, 4.69) is 16.9 Å². The first-order valence-electron chi connectivity index (χ1n) is 2.44. The molecule has 2 nitrogen and oxygen atoms in total. The summed E-state index contributed by atoms with van der Waals surface area (Å²) in [5.41, 5.74) is 0.877. The second-order valence-corrected chi connectivity index (χ2v) is 1.38. The maximum absolute atomic E-state index is 3.66. The number of hydrogen-bond donors (Lipinski definition) is 0. The third-order valence-corrected chi connectivity index (χ3v) is 0.636. The Kier molecular flexibility index (Phi) is 3.76. The van der Waals surface area contributed by atoms with Gasteiger partial charge in [-0.25, -0.2) is 0 Å². The minimum Gasteiger partial charge on any atom is -0.167 e. The van der Waals surface area contributed by atoms with E-state index in [4.69, 9.17) is 0 Å². The standard InChI is InChI=1S/C6H10N2/c1-4-5-6(2)8-7-3/h4-5H,3H2,1-2H3/b5-4-,8-6+. The minimum absolute atomic E-state index is 0.877. The third-order valence-electron chi connectivity index (χ3n) is 0.636. The monoisotopic (exact) mass is 110 g/mol. The molecule has 0 aromatic rings. The fourth-order valence-corrected chi connectivity index (χ4v) is 0.386. The number of rotatable bonds is 2. The summed E-state index contributed by atoms with van der Waals surface area (Å²) in [6.07, 6.45) is 3.78. The summed E-state index contributed by atoms with van der Waals surface area (Å²) in [5.74, 6) is 0. The van der Waals surface area contributed by atoms with Gasteiger partial charge in [-0.2, -0.15) is 10.2 Å². The highest BCUT2D eigenvalue weighted by Gasteiger charge is 1.74. The minimum atomic E-state index is 0.877. The predicted molar refractivity (Wildman–Crippen MR) is 37.5 cm³/mol. The first-order chi connectivity index (χ1) is 3.81. The normalized spacial score (nSPS) is 12.5. The summed E-state index contributed by atoms with van der Waals surface area (Å²) < 4.78 is 0. The molecule has 44 valence electrons. The highest BCUT2D eigenvalue weighted by molar-refractivity contribution is 5.92. The quantitative estimate of drug-likeness (QED) is 0.381. The van der Waals surface area contributed by atoms with Crippen molar-refractivity contribution in [3.8, 4) is 0 Å². The van der Waals surface area contributed by atoms with Crippen LogP contribution < -0.4 is 0 Å². The lowest BCUT2D eigenvalue weighted by Crippen LogP contribution is -1.79. The lowest BCUT2D eigenvalue weighted by molar-refractivity contribution is 1.26. The smallest absolute Gasteiger partial charge is 0.0596 e. The summed E-state index contributed by atoms with van der Waals surface area (Å²) in [6, 6.07) is 0. The van der Waals surface area contributed by atoms with E-state index in [-0.39, 0.29) is 0 Å². The predicted octanol–water partition coefficient (Wildman–Crippen LogP) is 1.64. The lowest BCUT2D eigenvalue weighted by atomic mass is 10.4. The van der Waals surface area contributed by atoms with Gasteiger partial charge in [0, 0.05) is 6.72 Å². The molecule has 0 aliphatic rings. The molecule has 0 amide bonds. The highest BCUT2D eigenvalue weighted by Crippen LogP contribution is 1.79. The van der Waals surface area contributed by atoms with Crippen molar-refractivity contribution in [2.45, 2.75) is 13.8 Å². The number of allylic oxidation sites excluding steroid dienone is 2. The molecule has 0 aliphatic carbocycles. The largest absolute Gasteiger partial charge is 0.167 e. The van der Waals surface area contributed by atoms with Crippen LogP contribution in [-0.2, 0) is 0 Å². The van der Waals surface area contributed by atoms with E-state index in [9.17, 15) is 0 Å². The van der Waals surface area contributed by atoms with Crippen molar-refractivity contribution >= 4 is 12.4 Å². The second kappa shape index (κ2) is 4.24. The van der Waals surface area contributed by atoms with Crippen molar-refractivity contribution in [2.75, 3.05) is 0 Å². The van der Waals surface area contributed by atoms with E-state index in [0.29, 0.717) is 0 Å². The van der Waals surface area contributed by atoms with Crippen molar-refractivity contribution < 1.29 is 0 Å². The molecular formula is C6H10N2. The first-order valence-corrected chi connectivity index (χ1v) is 2.44. The van der Waals surface area contributed by atoms with Crippen LogP contribution in [0.2, 0.25) is 0 Å². The van der Waals surface area contributed by atoms with Gasteiger partial charge in [-0.3, -0.25) is 0 Å². The molecule has 2 heteroatoms. The van der Waals surface area contributed by atoms with Gasteiger partial charge in [0.25, 0.3) is 0 Å². The molecule has 0 spiro atoms. The van der Waals surface area contributed by atoms with Crippen LogP contribution in [0.4, 0.5) is 0 Å². The molecule has 0 saturated carbocycles. The van der Waals surface area contributed by atoms with E-state index >= 15 is 0 Å². The van der Waals surface area contributed by atoms with Gasteiger partial charge >= 0.3 is 0 Å². The zero-order chi connectivity index (χ0) is 6.41.